The van der Waals surface area contributed by atoms with Crippen LogP contribution in [0.2, 0.25) is 0 Å². The van der Waals surface area contributed by atoms with E-state index in [1.165, 1.54) is 44.1 Å². The van der Waals surface area contributed by atoms with E-state index < -0.39 is 11.0 Å². The molecule has 2 bridgehead atoms. The Kier molecular flexibility index (Phi) is 4.53. The average Bonchev–Trinajstić information content (AvgIpc) is 3.38. The highest BCUT2D eigenvalue weighted by Gasteiger charge is 2.66. The van der Waals surface area contributed by atoms with Gasteiger partial charge in [-0.05, 0) is 92.5 Å². The average molecular weight is 412 g/mol. The molecule has 0 radical (unpaired) electrons. The van der Waals surface area contributed by atoms with Crippen molar-refractivity contribution in [1.29, 1.82) is 0 Å². The van der Waals surface area contributed by atoms with Crippen molar-refractivity contribution in [2.45, 2.75) is 93.8 Å². The van der Waals surface area contributed by atoms with Crippen molar-refractivity contribution in [2.75, 3.05) is 13.1 Å². The molecule has 1 aromatic carbocycles. The van der Waals surface area contributed by atoms with Crippen LogP contribution in [0.15, 0.2) is 18.2 Å². The smallest absolute Gasteiger partial charge is 0.115 e. The standard InChI is InChI=1S/C26H37NO3/c28-21-8-7-19-12-24-26(30)14-20(11-17-3-1-2-4-17)23(29)15-25(26,22(19)13-21)9-10-27(24)16-18-5-6-18/h7-8,13,17-18,20,23-24,28-30H,1-6,9-12,14-16H2. The lowest BCUT2D eigenvalue weighted by Crippen LogP contribution is -2.74. The first-order valence-corrected chi connectivity index (χ1v) is 12.5. The van der Waals surface area contributed by atoms with Crippen molar-refractivity contribution < 1.29 is 15.3 Å². The minimum absolute atomic E-state index is 0.141. The Bertz CT molecular complexity index is 816. The number of hydrogen-bond donors (Lipinski definition) is 3. The van der Waals surface area contributed by atoms with Crippen molar-refractivity contribution in [2.24, 2.45) is 17.8 Å². The Hall–Kier alpha value is -1.10. The van der Waals surface area contributed by atoms with E-state index in [4.69, 9.17) is 0 Å². The fraction of sp³-hybridized carbons (Fsp3) is 0.769. The van der Waals surface area contributed by atoms with Crippen molar-refractivity contribution in [1.82, 2.24) is 4.90 Å². The number of phenolic OH excluding ortho intramolecular Hbond substituents is 1. The van der Waals surface area contributed by atoms with Gasteiger partial charge in [0, 0.05) is 18.0 Å². The lowest BCUT2D eigenvalue weighted by atomic mass is 9.47. The van der Waals surface area contributed by atoms with Crippen LogP contribution < -0.4 is 0 Å². The van der Waals surface area contributed by atoms with Crippen molar-refractivity contribution in [3.63, 3.8) is 0 Å². The van der Waals surface area contributed by atoms with Crippen LogP contribution in [0, 0.1) is 17.8 Å². The maximum Gasteiger partial charge on any atom is 0.115 e. The summed E-state index contributed by atoms with van der Waals surface area (Å²) in [5.74, 6) is 2.02. The van der Waals surface area contributed by atoms with Gasteiger partial charge < -0.3 is 15.3 Å². The van der Waals surface area contributed by atoms with Crippen LogP contribution in [0.4, 0.5) is 0 Å². The van der Waals surface area contributed by atoms with Crippen molar-refractivity contribution in [3.05, 3.63) is 29.3 Å². The third kappa shape index (κ3) is 2.90. The molecule has 4 aliphatic carbocycles. The molecule has 1 aromatic rings. The summed E-state index contributed by atoms with van der Waals surface area (Å²) in [4.78, 5) is 2.59. The summed E-state index contributed by atoms with van der Waals surface area (Å²) in [5, 5.41) is 34.1. The molecule has 0 aromatic heterocycles. The summed E-state index contributed by atoms with van der Waals surface area (Å²) in [7, 11) is 0. The molecule has 164 valence electrons. The van der Waals surface area contributed by atoms with Crippen molar-refractivity contribution >= 4 is 0 Å². The predicted octanol–water partition coefficient (Wildman–Crippen LogP) is 3.75. The van der Waals surface area contributed by atoms with Gasteiger partial charge in [-0.1, -0.05) is 31.7 Å². The fourth-order valence-corrected chi connectivity index (χ4v) is 7.93. The molecular weight excluding hydrogens is 374 g/mol. The third-order valence-corrected chi connectivity index (χ3v) is 9.64. The second kappa shape index (κ2) is 6.95. The number of fused-ring (bicyclic) bond motifs is 1. The summed E-state index contributed by atoms with van der Waals surface area (Å²) < 4.78 is 0. The molecule has 30 heavy (non-hydrogen) atoms. The summed E-state index contributed by atoms with van der Waals surface area (Å²) in [6, 6.07) is 5.90. The highest BCUT2D eigenvalue weighted by atomic mass is 16.3. The van der Waals surface area contributed by atoms with Crippen molar-refractivity contribution in [3.8, 4) is 5.75 Å². The van der Waals surface area contributed by atoms with E-state index in [9.17, 15) is 15.3 Å². The molecule has 4 heteroatoms. The van der Waals surface area contributed by atoms with Crippen LogP contribution in [0.5, 0.6) is 5.75 Å². The van der Waals surface area contributed by atoms with E-state index in [0.29, 0.717) is 12.8 Å². The number of rotatable bonds is 4. The van der Waals surface area contributed by atoms with Gasteiger partial charge in [0.15, 0.2) is 0 Å². The fourth-order valence-electron chi connectivity index (χ4n) is 7.93. The van der Waals surface area contributed by atoms with E-state index in [1.807, 2.05) is 6.07 Å². The third-order valence-electron chi connectivity index (χ3n) is 9.64. The zero-order chi connectivity index (χ0) is 20.5. The Labute approximate surface area is 180 Å². The molecule has 4 nitrogen and oxygen atoms in total. The largest absolute Gasteiger partial charge is 0.508 e. The number of aromatic hydroxyl groups is 1. The maximum absolute atomic E-state index is 12.5. The molecular formula is C26H37NO3. The maximum atomic E-state index is 12.5. The predicted molar refractivity (Wildman–Crippen MR) is 116 cm³/mol. The number of piperidine rings is 1. The second-order valence-electron chi connectivity index (χ2n) is 11.4. The van der Waals surface area contributed by atoms with Crippen LogP contribution in [0.1, 0.15) is 75.3 Å². The minimum atomic E-state index is -0.802. The van der Waals surface area contributed by atoms with E-state index in [2.05, 4.69) is 11.0 Å². The molecule has 5 atom stereocenters. The summed E-state index contributed by atoms with van der Waals surface area (Å²) >= 11 is 0. The molecule has 0 amide bonds. The Morgan fingerprint density at radius 1 is 1.03 bits per heavy atom. The molecule has 1 heterocycles. The van der Waals surface area contributed by atoms with E-state index in [-0.39, 0.29) is 23.8 Å². The van der Waals surface area contributed by atoms with E-state index in [1.54, 1.807) is 6.07 Å². The lowest BCUT2D eigenvalue weighted by Gasteiger charge is -2.65. The normalized spacial score (nSPS) is 41.5. The highest BCUT2D eigenvalue weighted by molar-refractivity contribution is 5.48. The van der Waals surface area contributed by atoms with Gasteiger partial charge in [0.1, 0.15) is 5.75 Å². The number of benzene rings is 1. The summed E-state index contributed by atoms with van der Waals surface area (Å²) in [6.45, 7) is 2.12. The molecule has 3 N–H and O–H groups in total. The van der Waals surface area contributed by atoms with E-state index in [0.717, 1.165) is 49.8 Å². The van der Waals surface area contributed by atoms with Gasteiger partial charge in [-0.2, -0.15) is 0 Å². The summed E-state index contributed by atoms with van der Waals surface area (Å²) in [5.41, 5.74) is 1.16. The molecule has 1 saturated heterocycles. The highest BCUT2D eigenvalue weighted by Crippen LogP contribution is 2.60. The number of nitrogens with zero attached hydrogens (tertiary/aromatic N) is 1. The Balaban J connectivity index is 1.39. The molecule has 1 aliphatic heterocycles. The van der Waals surface area contributed by atoms with Crippen LogP contribution in [0.3, 0.4) is 0 Å². The zero-order valence-electron chi connectivity index (χ0n) is 18.1. The van der Waals surface area contributed by atoms with Gasteiger partial charge in [-0.25, -0.2) is 0 Å². The van der Waals surface area contributed by atoms with Crippen LogP contribution in [-0.2, 0) is 11.8 Å². The van der Waals surface area contributed by atoms with Gasteiger partial charge in [-0.3, -0.25) is 4.90 Å². The molecule has 6 rings (SSSR count). The molecule has 4 fully saturated rings. The molecule has 5 unspecified atom stereocenters. The van der Waals surface area contributed by atoms with Crippen LogP contribution in [0.25, 0.3) is 0 Å². The monoisotopic (exact) mass is 411 g/mol. The number of aliphatic hydroxyl groups excluding tert-OH is 1. The number of likely N-dealkylation sites (tertiary alicyclic amines) is 1. The Morgan fingerprint density at radius 2 is 1.83 bits per heavy atom. The number of phenols is 1. The van der Waals surface area contributed by atoms with Crippen LogP contribution >= 0.6 is 0 Å². The minimum Gasteiger partial charge on any atom is -0.508 e. The number of aliphatic hydroxyl groups is 2. The molecule has 3 saturated carbocycles. The van der Waals surface area contributed by atoms with Crippen LogP contribution in [-0.4, -0.2) is 51.1 Å². The molecule has 0 spiro atoms. The quantitative estimate of drug-likeness (QED) is 0.706. The zero-order valence-corrected chi connectivity index (χ0v) is 18.1. The first-order chi connectivity index (χ1) is 14.5. The van der Waals surface area contributed by atoms with E-state index >= 15 is 0 Å². The van der Waals surface area contributed by atoms with Gasteiger partial charge in [0.05, 0.1) is 11.7 Å². The topological polar surface area (TPSA) is 63.9 Å². The first-order valence-electron chi connectivity index (χ1n) is 12.5. The number of hydrogen-bond acceptors (Lipinski definition) is 4. The first kappa shape index (κ1) is 19.6. The summed E-state index contributed by atoms with van der Waals surface area (Å²) in [6.07, 6.45) is 11.7. The molecule has 5 aliphatic rings. The SMILES string of the molecule is Oc1ccc2c(c1)C13CCN(CC4CC4)C(C2)C1(O)CC(CC1CCCC1)C(O)C3. The van der Waals surface area contributed by atoms with Gasteiger partial charge in [0.25, 0.3) is 0 Å². The Morgan fingerprint density at radius 3 is 2.60 bits per heavy atom. The second-order valence-corrected chi connectivity index (χ2v) is 11.4. The lowest BCUT2D eigenvalue weighted by molar-refractivity contribution is -0.199. The van der Waals surface area contributed by atoms with Gasteiger partial charge in [-0.15, -0.1) is 0 Å². The van der Waals surface area contributed by atoms with Gasteiger partial charge in [0.2, 0.25) is 0 Å². The van der Waals surface area contributed by atoms with Gasteiger partial charge >= 0.3 is 0 Å².